The average molecular weight is 236 g/mol. The van der Waals surface area contributed by atoms with Crippen molar-refractivity contribution in [2.24, 2.45) is 5.92 Å². The lowest BCUT2D eigenvalue weighted by atomic mass is 9.86. The van der Waals surface area contributed by atoms with E-state index in [4.69, 9.17) is 5.26 Å². The molecule has 1 N–H and O–H groups in total. The van der Waals surface area contributed by atoms with Crippen LogP contribution in [0.5, 0.6) is 0 Å². The molecule has 0 aromatic heterocycles. The SMILES string of the molecule is CCC(C)CC(C#N)(CC)NCC(F)(F)F. The number of halogens is 3. The topological polar surface area (TPSA) is 35.8 Å². The zero-order valence-corrected chi connectivity index (χ0v) is 9.99. The van der Waals surface area contributed by atoms with Crippen LogP contribution in [0.2, 0.25) is 0 Å². The number of hydrogen-bond donors (Lipinski definition) is 1. The van der Waals surface area contributed by atoms with Gasteiger partial charge in [-0.3, -0.25) is 5.32 Å². The number of hydrogen-bond acceptors (Lipinski definition) is 2. The van der Waals surface area contributed by atoms with E-state index in [1.807, 2.05) is 19.9 Å². The van der Waals surface area contributed by atoms with Crippen LogP contribution in [0.25, 0.3) is 0 Å². The van der Waals surface area contributed by atoms with E-state index in [2.05, 4.69) is 5.32 Å². The van der Waals surface area contributed by atoms with Crippen LogP contribution in [-0.4, -0.2) is 18.3 Å². The second-order valence-corrected chi connectivity index (χ2v) is 4.23. The quantitative estimate of drug-likeness (QED) is 0.768. The van der Waals surface area contributed by atoms with Gasteiger partial charge in [0, 0.05) is 0 Å². The Bertz CT molecular complexity index is 245. The minimum absolute atomic E-state index is 0.236. The maximum atomic E-state index is 12.1. The molecule has 0 fully saturated rings. The van der Waals surface area contributed by atoms with Crippen molar-refractivity contribution >= 4 is 0 Å². The maximum absolute atomic E-state index is 12.1. The molecule has 0 bridgehead atoms. The van der Waals surface area contributed by atoms with E-state index in [1.165, 1.54) is 0 Å². The molecule has 0 heterocycles. The largest absolute Gasteiger partial charge is 0.401 e. The molecule has 0 saturated carbocycles. The summed E-state index contributed by atoms with van der Waals surface area (Å²) in [5, 5.41) is 11.4. The lowest BCUT2D eigenvalue weighted by Gasteiger charge is -2.29. The fraction of sp³-hybridized carbons (Fsp3) is 0.909. The summed E-state index contributed by atoms with van der Waals surface area (Å²) in [6.07, 6.45) is -2.58. The van der Waals surface area contributed by atoms with E-state index in [1.54, 1.807) is 6.92 Å². The molecule has 5 heteroatoms. The molecule has 16 heavy (non-hydrogen) atoms. The van der Waals surface area contributed by atoms with Crippen LogP contribution in [-0.2, 0) is 0 Å². The summed E-state index contributed by atoms with van der Waals surface area (Å²) in [5.74, 6) is 0.236. The van der Waals surface area contributed by atoms with Gasteiger partial charge in [-0.15, -0.1) is 0 Å². The summed E-state index contributed by atoms with van der Waals surface area (Å²) in [7, 11) is 0. The minimum atomic E-state index is -4.27. The zero-order chi connectivity index (χ0) is 12.8. The molecular formula is C11H19F3N2. The Morgan fingerprint density at radius 3 is 2.19 bits per heavy atom. The molecule has 0 radical (unpaired) electrons. The van der Waals surface area contributed by atoms with Gasteiger partial charge in [-0.05, 0) is 18.8 Å². The molecule has 0 aliphatic carbocycles. The van der Waals surface area contributed by atoms with Crippen LogP contribution in [0.4, 0.5) is 13.2 Å². The fourth-order valence-corrected chi connectivity index (χ4v) is 1.51. The average Bonchev–Trinajstić information content (AvgIpc) is 2.23. The van der Waals surface area contributed by atoms with Crippen LogP contribution in [0.3, 0.4) is 0 Å². The Hall–Kier alpha value is -0.760. The van der Waals surface area contributed by atoms with Gasteiger partial charge in [-0.2, -0.15) is 18.4 Å². The number of nitrogens with zero attached hydrogens (tertiary/aromatic N) is 1. The number of nitrogens with one attached hydrogen (secondary N) is 1. The Balaban J connectivity index is 4.52. The standard InChI is InChI=1S/C11H19F3N2/c1-4-9(3)6-10(5-2,7-15)16-8-11(12,13)14/h9,16H,4-6,8H2,1-3H3. The Kier molecular flexibility index (Phi) is 5.80. The molecule has 2 atom stereocenters. The lowest BCUT2D eigenvalue weighted by molar-refractivity contribution is -0.128. The summed E-state index contributed by atoms with van der Waals surface area (Å²) < 4.78 is 36.3. The van der Waals surface area contributed by atoms with Gasteiger partial charge in [0.1, 0.15) is 5.54 Å². The van der Waals surface area contributed by atoms with E-state index in [0.29, 0.717) is 12.8 Å². The number of nitriles is 1. The first-order valence-corrected chi connectivity index (χ1v) is 5.51. The van der Waals surface area contributed by atoms with Crippen LogP contribution in [0.1, 0.15) is 40.0 Å². The van der Waals surface area contributed by atoms with Gasteiger partial charge in [0.05, 0.1) is 12.6 Å². The van der Waals surface area contributed by atoms with E-state index in [0.717, 1.165) is 6.42 Å². The van der Waals surface area contributed by atoms with Crippen LogP contribution >= 0.6 is 0 Å². The highest BCUT2D eigenvalue weighted by atomic mass is 19.4. The molecule has 2 unspecified atom stereocenters. The zero-order valence-electron chi connectivity index (χ0n) is 9.99. The van der Waals surface area contributed by atoms with Crippen LogP contribution in [0.15, 0.2) is 0 Å². The highest BCUT2D eigenvalue weighted by Gasteiger charge is 2.35. The smallest absolute Gasteiger partial charge is 0.291 e. The Morgan fingerprint density at radius 1 is 1.31 bits per heavy atom. The molecular weight excluding hydrogens is 217 g/mol. The molecule has 94 valence electrons. The van der Waals surface area contributed by atoms with Crippen molar-refractivity contribution in [1.82, 2.24) is 5.32 Å². The van der Waals surface area contributed by atoms with Crippen molar-refractivity contribution < 1.29 is 13.2 Å². The van der Waals surface area contributed by atoms with Crippen LogP contribution < -0.4 is 5.32 Å². The van der Waals surface area contributed by atoms with Gasteiger partial charge >= 0.3 is 6.18 Å². The maximum Gasteiger partial charge on any atom is 0.401 e. The molecule has 0 aliphatic rings. The third kappa shape index (κ3) is 5.36. The van der Waals surface area contributed by atoms with Gasteiger partial charge in [0.15, 0.2) is 0 Å². The molecule has 0 aliphatic heterocycles. The number of alkyl halides is 3. The molecule has 2 nitrogen and oxygen atoms in total. The van der Waals surface area contributed by atoms with Gasteiger partial charge < -0.3 is 0 Å². The summed E-state index contributed by atoms with van der Waals surface area (Å²) in [6, 6.07) is 1.99. The van der Waals surface area contributed by atoms with Gasteiger partial charge in [0.2, 0.25) is 0 Å². The van der Waals surface area contributed by atoms with Crippen molar-refractivity contribution in [2.45, 2.75) is 51.7 Å². The minimum Gasteiger partial charge on any atom is -0.291 e. The van der Waals surface area contributed by atoms with Crippen molar-refractivity contribution in [2.75, 3.05) is 6.54 Å². The summed E-state index contributed by atoms with van der Waals surface area (Å²) in [4.78, 5) is 0. The molecule has 0 amide bonds. The highest BCUT2D eigenvalue weighted by molar-refractivity contribution is 5.07. The third-order valence-corrected chi connectivity index (χ3v) is 2.84. The van der Waals surface area contributed by atoms with E-state index in [9.17, 15) is 13.2 Å². The van der Waals surface area contributed by atoms with Crippen molar-refractivity contribution in [3.8, 4) is 6.07 Å². The van der Waals surface area contributed by atoms with Crippen molar-refractivity contribution in [3.05, 3.63) is 0 Å². The predicted octanol–water partition coefficient (Wildman–Crippen LogP) is 3.25. The van der Waals surface area contributed by atoms with Gasteiger partial charge in [0.25, 0.3) is 0 Å². The Morgan fingerprint density at radius 2 is 1.88 bits per heavy atom. The molecule has 0 rings (SSSR count). The highest BCUT2D eigenvalue weighted by Crippen LogP contribution is 2.24. The first kappa shape index (κ1) is 15.2. The second kappa shape index (κ2) is 6.09. The number of rotatable bonds is 6. The summed E-state index contributed by atoms with van der Waals surface area (Å²) in [6.45, 7) is 4.53. The molecule has 0 aromatic carbocycles. The second-order valence-electron chi connectivity index (χ2n) is 4.23. The first-order valence-electron chi connectivity index (χ1n) is 5.51. The van der Waals surface area contributed by atoms with Crippen LogP contribution in [0, 0.1) is 17.2 Å². The lowest BCUT2D eigenvalue weighted by Crippen LogP contribution is -2.48. The molecule has 0 aromatic rings. The van der Waals surface area contributed by atoms with Gasteiger partial charge in [-0.25, -0.2) is 0 Å². The third-order valence-electron chi connectivity index (χ3n) is 2.84. The monoisotopic (exact) mass is 236 g/mol. The van der Waals surface area contributed by atoms with E-state index in [-0.39, 0.29) is 5.92 Å². The summed E-state index contributed by atoms with van der Waals surface area (Å²) >= 11 is 0. The van der Waals surface area contributed by atoms with E-state index < -0.39 is 18.3 Å². The van der Waals surface area contributed by atoms with E-state index >= 15 is 0 Å². The Labute approximate surface area is 94.8 Å². The summed E-state index contributed by atoms with van der Waals surface area (Å²) in [5.41, 5.74) is -1.05. The van der Waals surface area contributed by atoms with Crippen molar-refractivity contribution in [1.29, 1.82) is 5.26 Å². The first-order chi connectivity index (χ1) is 7.28. The predicted molar refractivity (Wildman–Crippen MR) is 56.8 cm³/mol. The normalized spacial score (nSPS) is 17.6. The molecule has 0 saturated heterocycles. The van der Waals surface area contributed by atoms with Gasteiger partial charge in [-0.1, -0.05) is 27.2 Å². The molecule has 0 spiro atoms. The van der Waals surface area contributed by atoms with Crippen molar-refractivity contribution in [3.63, 3.8) is 0 Å². The fourth-order valence-electron chi connectivity index (χ4n) is 1.51.